The Morgan fingerprint density at radius 2 is 1.80 bits per heavy atom. The van der Waals surface area contributed by atoms with Crippen LogP contribution in [0.2, 0.25) is 5.02 Å². The molecule has 0 unspecified atom stereocenters. The molecule has 0 aliphatic rings. The van der Waals surface area contributed by atoms with Crippen molar-refractivity contribution in [3.8, 4) is 0 Å². The highest BCUT2D eigenvalue weighted by molar-refractivity contribution is 9.10. The van der Waals surface area contributed by atoms with E-state index in [4.69, 9.17) is 11.6 Å². The van der Waals surface area contributed by atoms with Crippen LogP contribution in [0, 0.1) is 0 Å². The highest BCUT2D eigenvalue weighted by Gasteiger charge is 2.19. The van der Waals surface area contributed by atoms with Gasteiger partial charge in [0.25, 0.3) is 0 Å². The quantitative estimate of drug-likeness (QED) is 0.782. The second-order valence-electron chi connectivity index (χ2n) is 5.60. The standard InChI is InChI=1S/C17H19BrClN/c1-17(2,14-6-4-3-5-7-14)12-20-11-13-8-9-15(18)16(19)10-13/h3-10,20H,11-12H2,1-2H3. The fourth-order valence-corrected chi connectivity index (χ4v) is 2.61. The van der Waals surface area contributed by atoms with Gasteiger partial charge in [-0.15, -0.1) is 0 Å². The first-order chi connectivity index (χ1) is 9.49. The van der Waals surface area contributed by atoms with E-state index >= 15 is 0 Å². The van der Waals surface area contributed by atoms with Crippen molar-refractivity contribution in [3.63, 3.8) is 0 Å². The molecule has 0 bridgehead atoms. The lowest BCUT2D eigenvalue weighted by Crippen LogP contribution is -2.32. The lowest BCUT2D eigenvalue weighted by atomic mass is 9.84. The van der Waals surface area contributed by atoms with Gasteiger partial charge in [-0.25, -0.2) is 0 Å². The predicted octanol–water partition coefficient (Wildman–Crippen LogP) is 5.17. The molecule has 1 nitrogen and oxygen atoms in total. The highest BCUT2D eigenvalue weighted by Crippen LogP contribution is 2.24. The van der Waals surface area contributed by atoms with Gasteiger partial charge in [0.15, 0.2) is 0 Å². The van der Waals surface area contributed by atoms with Gasteiger partial charge in [0.2, 0.25) is 0 Å². The molecular formula is C17H19BrClN. The molecule has 106 valence electrons. The number of hydrogen-bond donors (Lipinski definition) is 1. The summed E-state index contributed by atoms with van der Waals surface area (Å²) in [7, 11) is 0. The maximum Gasteiger partial charge on any atom is 0.0551 e. The Morgan fingerprint density at radius 3 is 2.45 bits per heavy atom. The van der Waals surface area contributed by atoms with E-state index in [1.807, 2.05) is 12.1 Å². The number of halogens is 2. The fraction of sp³-hybridized carbons (Fsp3) is 0.294. The number of rotatable bonds is 5. The summed E-state index contributed by atoms with van der Waals surface area (Å²) in [5.41, 5.74) is 2.66. The second kappa shape index (κ2) is 6.75. The second-order valence-corrected chi connectivity index (χ2v) is 6.86. The number of hydrogen-bond acceptors (Lipinski definition) is 1. The topological polar surface area (TPSA) is 12.0 Å². The first kappa shape index (κ1) is 15.6. The zero-order valence-corrected chi connectivity index (χ0v) is 14.1. The van der Waals surface area contributed by atoms with E-state index in [9.17, 15) is 0 Å². The minimum atomic E-state index is 0.112. The lowest BCUT2D eigenvalue weighted by molar-refractivity contribution is 0.469. The van der Waals surface area contributed by atoms with E-state index in [-0.39, 0.29) is 5.41 Å². The van der Waals surface area contributed by atoms with Crippen LogP contribution in [0.15, 0.2) is 53.0 Å². The molecule has 2 aromatic rings. The minimum absolute atomic E-state index is 0.112. The van der Waals surface area contributed by atoms with Crippen LogP contribution >= 0.6 is 27.5 Å². The van der Waals surface area contributed by atoms with Gasteiger partial charge in [-0.1, -0.05) is 61.8 Å². The average Bonchev–Trinajstić information content (AvgIpc) is 2.44. The molecule has 0 heterocycles. The normalized spacial score (nSPS) is 11.6. The van der Waals surface area contributed by atoms with Gasteiger partial charge < -0.3 is 5.32 Å². The summed E-state index contributed by atoms with van der Waals surface area (Å²) in [4.78, 5) is 0. The summed E-state index contributed by atoms with van der Waals surface area (Å²) in [6, 6.07) is 16.7. The third kappa shape index (κ3) is 4.08. The van der Waals surface area contributed by atoms with Gasteiger partial charge in [0.05, 0.1) is 5.02 Å². The van der Waals surface area contributed by atoms with E-state index in [2.05, 4.69) is 71.5 Å². The van der Waals surface area contributed by atoms with Crippen LogP contribution in [0.25, 0.3) is 0 Å². The summed E-state index contributed by atoms with van der Waals surface area (Å²) in [6.45, 7) is 6.25. The molecule has 0 spiro atoms. The van der Waals surface area contributed by atoms with Gasteiger partial charge >= 0.3 is 0 Å². The molecule has 2 rings (SSSR count). The summed E-state index contributed by atoms with van der Waals surface area (Å²) in [5.74, 6) is 0. The van der Waals surface area contributed by atoms with Crippen molar-refractivity contribution in [2.24, 2.45) is 0 Å². The van der Waals surface area contributed by atoms with Crippen molar-refractivity contribution < 1.29 is 0 Å². The average molecular weight is 353 g/mol. The van der Waals surface area contributed by atoms with Crippen molar-refractivity contribution in [1.82, 2.24) is 5.32 Å². The molecule has 20 heavy (non-hydrogen) atoms. The summed E-state index contributed by atoms with van der Waals surface area (Å²) in [5, 5.41) is 4.27. The lowest BCUT2D eigenvalue weighted by Gasteiger charge is -2.25. The van der Waals surface area contributed by atoms with Crippen LogP contribution in [0.5, 0.6) is 0 Å². The van der Waals surface area contributed by atoms with Gasteiger partial charge in [0, 0.05) is 23.0 Å². The molecule has 0 amide bonds. The predicted molar refractivity (Wildman–Crippen MR) is 90.3 cm³/mol. The van der Waals surface area contributed by atoms with Crippen molar-refractivity contribution in [3.05, 3.63) is 69.2 Å². The van der Waals surface area contributed by atoms with Crippen molar-refractivity contribution in [2.45, 2.75) is 25.8 Å². The summed E-state index contributed by atoms with van der Waals surface area (Å²) < 4.78 is 0.938. The molecule has 0 aliphatic heterocycles. The molecule has 0 saturated carbocycles. The van der Waals surface area contributed by atoms with Crippen LogP contribution in [-0.2, 0) is 12.0 Å². The van der Waals surface area contributed by atoms with Gasteiger partial charge in [-0.3, -0.25) is 0 Å². The molecule has 0 aromatic heterocycles. The molecule has 3 heteroatoms. The maximum absolute atomic E-state index is 6.10. The number of benzene rings is 2. The molecule has 0 saturated heterocycles. The Hall–Kier alpha value is -0.830. The first-order valence-electron chi connectivity index (χ1n) is 6.69. The Kier molecular flexibility index (Phi) is 5.25. The van der Waals surface area contributed by atoms with Gasteiger partial charge in [-0.2, -0.15) is 0 Å². The van der Waals surface area contributed by atoms with Gasteiger partial charge in [-0.05, 0) is 39.2 Å². The molecule has 2 aromatic carbocycles. The van der Waals surface area contributed by atoms with E-state index in [1.165, 1.54) is 11.1 Å². The zero-order chi connectivity index (χ0) is 14.6. The fourth-order valence-electron chi connectivity index (χ4n) is 2.16. The van der Waals surface area contributed by atoms with Crippen LogP contribution in [0.4, 0.5) is 0 Å². The van der Waals surface area contributed by atoms with Crippen LogP contribution in [0.1, 0.15) is 25.0 Å². The molecule has 1 N–H and O–H groups in total. The van der Waals surface area contributed by atoms with Crippen LogP contribution in [0.3, 0.4) is 0 Å². The monoisotopic (exact) mass is 351 g/mol. The van der Waals surface area contributed by atoms with E-state index in [0.717, 1.165) is 22.6 Å². The zero-order valence-electron chi connectivity index (χ0n) is 11.8. The smallest absolute Gasteiger partial charge is 0.0551 e. The van der Waals surface area contributed by atoms with Gasteiger partial charge in [0.1, 0.15) is 0 Å². The molecule has 0 aliphatic carbocycles. The van der Waals surface area contributed by atoms with Crippen LogP contribution in [-0.4, -0.2) is 6.54 Å². The van der Waals surface area contributed by atoms with E-state index in [0.29, 0.717) is 0 Å². The molecular weight excluding hydrogens is 334 g/mol. The Bertz CT molecular complexity index is 566. The summed E-state index contributed by atoms with van der Waals surface area (Å²) >= 11 is 9.51. The third-order valence-electron chi connectivity index (χ3n) is 3.44. The maximum atomic E-state index is 6.10. The molecule has 0 fully saturated rings. The van der Waals surface area contributed by atoms with E-state index in [1.54, 1.807) is 0 Å². The molecule has 0 radical (unpaired) electrons. The van der Waals surface area contributed by atoms with Crippen molar-refractivity contribution in [1.29, 1.82) is 0 Å². The van der Waals surface area contributed by atoms with Crippen molar-refractivity contribution in [2.75, 3.05) is 6.54 Å². The Labute approximate surface area is 134 Å². The summed E-state index contributed by atoms with van der Waals surface area (Å²) in [6.07, 6.45) is 0. The minimum Gasteiger partial charge on any atom is -0.312 e. The van der Waals surface area contributed by atoms with Crippen molar-refractivity contribution >= 4 is 27.5 Å². The SMILES string of the molecule is CC(C)(CNCc1ccc(Br)c(Cl)c1)c1ccccc1. The largest absolute Gasteiger partial charge is 0.312 e. The van der Waals surface area contributed by atoms with Crippen LogP contribution < -0.4 is 5.32 Å². The number of nitrogens with one attached hydrogen (secondary N) is 1. The molecule has 0 atom stereocenters. The highest BCUT2D eigenvalue weighted by atomic mass is 79.9. The first-order valence-corrected chi connectivity index (χ1v) is 7.86. The Balaban J connectivity index is 1.93. The Morgan fingerprint density at radius 1 is 1.10 bits per heavy atom. The van der Waals surface area contributed by atoms with E-state index < -0.39 is 0 Å². The third-order valence-corrected chi connectivity index (χ3v) is 4.67.